The second kappa shape index (κ2) is 2.87. The highest BCUT2D eigenvalue weighted by molar-refractivity contribution is 5.78. The first-order valence-corrected chi connectivity index (χ1v) is 4.48. The summed E-state index contributed by atoms with van der Waals surface area (Å²) < 4.78 is 5.24. The van der Waals surface area contributed by atoms with Crippen LogP contribution in [0.2, 0.25) is 0 Å². The smallest absolute Gasteiger partial charge is 0.314 e. The van der Waals surface area contributed by atoms with Crippen LogP contribution in [0.3, 0.4) is 0 Å². The first kappa shape index (κ1) is 8.30. The molecule has 0 saturated carbocycles. The van der Waals surface area contributed by atoms with Crippen LogP contribution in [0.1, 0.15) is 18.1 Å². The van der Waals surface area contributed by atoms with Gasteiger partial charge in [-0.1, -0.05) is 25.1 Å². The molecule has 1 aromatic carbocycles. The fourth-order valence-electron chi connectivity index (χ4n) is 1.63. The minimum absolute atomic E-state index is 0.00528. The predicted molar refractivity (Wildman–Crippen MR) is 49.7 cm³/mol. The zero-order chi connectivity index (χ0) is 9.42. The van der Waals surface area contributed by atoms with Crippen LogP contribution >= 0.6 is 0 Å². The molecular formula is C11H12O2. The number of carbonyl (C=O) groups excluding carboxylic acids is 1. The topological polar surface area (TPSA) is 26.3 Å². The van der Waals surface area contributed by atoms with E-state index in [9.17, 15) is 4.79 Å². The third kappa shape index (κ3) is 1.32. The van der Waals surface area contributed by atoms with E-state index in [2.05, 4.69) is 0 Å². The van der Waals surface area contributed by atoms with Crippen LogP contribution in [-0.4, -0.2) is 5.97 Å². The molecule has 1 aliphatic heterocycles. The van der Waals surface area contributed by atoms with Gasteiger partial charge in [0.25, 0.3) is 0 Å². The van der Waals surface area contributed by atoms with E-state index in [-0.39, 0.29) is 11.9 Å². The Morgan fingerprint density at radius 1 is 1.46 bits per heavy atom. The molecule has 13 heavy (non-hydrogen) atoms. The molecule has 0 fully saturated rings. The van der Waals surface area contributed by atoms with Crippen LogP contribution in [0.25, 0.3) is 0 Å². The Morgan fingerprint density at radius 3 is 3.00 bits per heavy atom. The molecule has 2 rings (SSSR count). The summed E-state index contributed by atoms with van der Waals surface area (Å²) in [6.07, 6.45) is 0.801. The molecule has 1 unspecified atom stereocenters. The Morgan fingerprint density at radius 2 is 2.23 bits per heavy atom. The predicted octanol–water partition coefficient (Wildman–Crippen LogP) is 2.09. The van der Waals surface area contributed by atoms with E-state index in [1.807, 2.05) is 32.0 Å². The van der Waals surface area contributed by atoms with Gasteiger partial charge >= 0.3 is 5.97 Å². The van der Waals surface area contributed by atoms with Gasteiger partial charge in [0.05, 0.1) is 5.92 Å². The number of carbonyl (C=O) groups is 1. The molecule has 1 aromatic rings. The summed E-state index contributed by atoms with van der Waals surface area (Å²) in [7, 11) is 0. The van der Waals surface area contributed by atoms with E-state index < -0.39 is 0 Å². The third-order valence-corrected chi connectivity index (χ3v) is 2.42. The highest BCUT2D eigenvalue weighted by atomic mass is 16.5. The lowest BCUT2D eigenvalue weighted by Crippen LogP contribution is -2.25. The van der Waals surface area contributed by atoms with E-state index in [1.54, 1.807) is 0 Å². The summed E-state index contributed by atoms with van der Waals surface area (Å²) in [6.45, 7) is 3.86. The summed E-state index contributed by atoms with van der Waals surface area (Å²) in [5.41, 5.74) is 2.19. The standard InChI is InChI=1S/C11H12O2/c1-7-4-3-5-9-6-8(2)11(12)13-10(7)9/h3-5,8H,6H2,1-2H3. The molecule has 0 amide bonds. The summed E-state index contributed by atoms with van der Waals surface area (Å²) in [6, 6.07) is 5.98. The Labute approximate surface area is 77.5 Å². The monoisotopic (exact) mass is 176 g/mol. The highest BCUT2D eigenvalue weighted by Gasteiger charge is 2.25. The van der Waals surface area contributed by atoms with Gasteiger partial charge in [0.15, 0.2) is 0 Å². The Bertz CT molecular complexity index is 355. The molecule has 1 heterocycles. The first-order valence-electron chi connectivity index (χ1n) is 4.48. The maximum Gasteiger partial charge on any atom is 0.314 e. The molecule has 0 saturated heterocycles. The van der Waals surface area contributed by atoms with Crippen LogP contribution < -0.4 is 4.74 Å². The van der Waals surface area contributed by atoms with Crippen molar-refractivity contribution in [2.24, 2.45) is 5.92 Å². The number of benzene rings is 1. The van der Waals surface area contributed by atoms with Gasteiger partial charge in [0.2, 0.25) is 0 Å². The average Bonchev–Trinajstić information content (AvgIpc) is 2.09. The van der Waals surface area contributed by atoms with Gasteiger partial charge in [-0.05, 0) is 24.5 Å². The first-order chi connectivity index (χ1) is 6.18. The Hall–Kier alpha value is -1.31. The van der Waals surface area contributed by atoms with Crippen molar-refractivity contribution < 1.29 is 9.53 Å². The summed E-state index contributed by atoms with van der Waals surface area (Å²) in [4.78, 5) is 11.3. The van der Waals surface area contributed by atoms with Gasteiger partial charge in [-0.15, -0.1) is 0 Å². The minimum Gasteiger partial charge on any atom is -0.426 e. The molecule has 0 spiro atoms. The van der Waals surface area contributed by atoms with Gasteiger partial charge in [0, 0.05) is 0 Å². The van der Waals surface area contributed by atoms with Gasteiger partial charge in [0.1, 0.15) is 5.75 Å². The van der Waals surface area contributed by atoms with Crippen molar-refractivity contribution in [2.75, 3.05) is 0 Å². The van der Waals surface area contributed by atoms with Crippen LogP contribution in [-0.2, 0) is 11.2 Å². The quantitative estimate of drug-likeness (QED) is 0.447. The zero-order valence-corrected chi connectivity index (χ0v) is 7.83. The van der Waals surface area contributed by atoms with E-state index in [4.69, 9.17) is 4.74 Å². The molecule has 1 atom stereocenters. The fourth-order valence-corrected chi connectivity index (χ4v) is 1.63. The Kier molecular flexibility index (Phi) is 1.83. The molecule has 2 heteroatoms. The number of aryl methyl sites for hydroxylation is 1. The lowest BCUT2D eigenvalue weighted by molar-refractivity contribution is -0.139. The second-order valence-electron chi connectivity index (χ2n) is 3.59. The fraction of sp³-hybridized carbons (Fsp3) is 0.364. The van der Waals surface area contributed by atoms with Crippen LogP contribution in [0.4, 0.5) is 0 Å². The molecular weight excluding hydrogens is 164 g/mol. The van der Waals surface area contributed by atoms with Gasteiger partial charge < -0.3 is 4.74 Å². The lowest BCUT2D eigenvalue weighted by atomic mass is 9.96. The van der Waals surface area contributed by atoms with Gasteiger partial charge in [-0.3, -0.25) is 4.79 Å². The van der Waals surface area contributed by atoms with Gasteiger partial charge in [-0.25, -0.2) is 0 Å². The number of fused-ring (bicyclic) bond motifs is 1. The maximum absolute atomic E-state index is 11.3. The molecule has 0 N–H and O–H groups in total. The van der Waals surface area contributed by atoms with Crippen molar-refractivity contribution in [1.29, 1.82) is 0 Å². The number of para-hydroxylation sites is 1. The Balaban J connectivity index is 2.48. The molecule has 2 nitrogen and oxygen atoms in total. The lowest BCUT2D eigenvalue weighted by Gasteiger charge is -2.21. The minimum atomic E-state index is -0.109. The van der Waals surface area contributed by atoms with E-state index in [1.165, 1.54) is 0 Å². The number of esters is 1. The van der Waals surface area contributed by atoms with Crippen molar-refractivity contribution in [3.63, 3.8) is 0 Å². The highest BCUT2D eigenvalue weighted by Crippen LogP contribution is 2.30. The van der Waals surface area contributed by atoms with Crippen molar-refractivity contribution in [2.45, 2.75) is 20.3 Å². The van der Waals surface area contributed by atoms with Crippen molar-refractivity contribution in [1.82, 2.24) is 0 Å². The molecule has 0 radical (unpaired) electrons. The molecule has 0 aromatic heterocycles. The molecule has 68 valence electrons. The van der Waals surface area contributed by atoms with E-state index in [0.29, 0.717) is 0 Å². The van der Waals surface area contributed by atoms with Crippen molar-refractivity contribution in [3.05, 3.63) is 29.3 Å². The zero-order valence-electron chi connectivity index (χ0n) is 7.83. The van der Waals surface area contributed by atoms with Crippen LogP contribution in [0.15, 0.2) is 18.2 Å². The summed E-state index contributed by atoms with van der Waals surface area (Å²) in [5, 5.41) is 0. The number of rotatable bonds is 0. The van der Waals surface area contributed by atoms with E-state index >= 15 is 0 Å². The third-order valence-electron chi connectivity index (χ3n) is 2.42. The maximum atomic E-state index is 11.3. The van der Waals surface area contributed by atoms with Gasteiger partial charge in [-0.2, -0.15) is 0 Å². The summed E-state index contributed by atoms with van der Waals surface area (Å²) >= 11 is 0. The molecule has 0 bridgehead atoms. The summed E-state index contributed by atoms with van der Waals surface area (Å²) in [5.74, 6) is 0.654. The largest absolute Gasteiger partial charge is 0.426 e. The normalized spacial score (nSPS) is 20.8. The van der Waals surface area contributed by atoms with Crippen LogP contribution in [0, 0.1) is 12.8 Å². The number of hydrogen-bond donors (Lipinski definition) is 0. The SMILES string of the molecule is Cc1cccc2c1OC(=O)C(C)C2. The second-order valence-corrected chi connectivity index (χ2v) is 3.59. The number of hydrogen-bond acceptors (Lipinski definition) is 2. The number of ether oxygens (including phenoxy) is 1. The molecule has 0 aliphatic carbocycles. The van der Waals surface area contributed by atoms with Crippen molar-refractivity contribution in [3.8, 4) is 5.75 Å². The van der Waals surface area contributed by atoms with Crippen molar-refractivity contribution >= 4 is 5.97 Å². The molecule has 1 aliphatic rings. The van der Waals surface area contributed by atoms with Crippen LogP contribution in [0.5, 0.6) is 5.75 Å². The average molecular weight is 176 g/mol. The van der Waals surface area contributed by atoms with E-state index in [0.717, 1.165) is 23.3 Å².